The molecule has 1 aliphatic heterocycles. The first-order valence-corrected chi connectivity index (χ1v) is 5.15. The van der Waals surface area contributed by atoms with E-state index in [1.54, 1.807) is 0 Å². The Labute approximate surface area is 98.3 Å². The molecule has 5 N–H and O–H groups in total. The highest BCUT2D eigenvalue weighted by Crippen LogP contribution is 2.19. The summed E-state index contributed by atoms with van der Waals surface area (Å²) in [7, 11) is 0. The predicted octanol–water partition coefficient (Wildman–Crippen LogP) is -2.52. The number of aliphatic hydroxyl groups is 4. The second-order valence-electron chi connectivity index (χ2n) is 4.01. The van der Waals surface area contributed by atoms with E-state index in [1.165, 1.54) is 6.92 Å². The van der Waals surface area contributed by atoms with Crippen LogP contribution in [0.2, 0.25) is 0 Å². The Kier molecular flexibility index (Phi) is 4.61. The fourth-order valence-corrected chi connectivity index (χ4v) is 1.53. The number of amides is 1. The van der Waals surface area contributed by atoms with E-state index < -0.39 is 43.2 Å². The zero-order valence-electron chi connectivity index (χ0n) is 9.41. The minimum atomic E-state index is -1.51. The molecule has 0 saturated carbocycles. The second kappa shape index (κ2) is 5.56. The Morgan fingerprint density at radius 1 is 1.35 bits per heavy atom. The van der Waals surface area contributed by atoms with Crippen molar-refractivity contribution in [3.05, 3.63) is 12.2 Å². The molecule has 17 heavy (non-hydrogen) atoms. The van der Waals surface area contributed by atoms with Crippen LogP contribution in [0.3, 0.4) is 0 Å². The van der Waals surface area contributed by atoms with Gasteiger partial charge >= 0.3 is 0 Å². The van der Waals surface area contributed by atoms with Gasteiger partial charge in [-0.05, 0) is 6.92 Å². The lowest BCUT2D eigenvalue weighted by atomic mass is 9.97. The molecule has 0 aromatic heterocycles. The van der Waals surface area contributed by atoms with Crippen molar-refractivity contribution in [1.82, 2.24) is 5.32 Å². The number of nitrogens with one attached hydrogen (secondary N) is 1. The van der Waals surface area contributed by atoms with Crippen molar-refractivity contribution < 1.29 is 30.0 Å². The number of aliphatic hydroxyl groups excluding tert-OH is 4. The van der Waals surface area contributed by atoms with Crippen LogP contribution in [0.1, 0.15) is 6.92 Å². The average molecular weight is 247 g/mol. The summed E-state index contributed by atoms with van der Waals surface area (Å²) in [6, 6.07) is -1.17. The number of rotatable bonds is 3. The molecule has 0 aromatic rings. The van der Waals surface area contributed by atoms with Crippen molar-refractivity contribution in [2.24, 2.45) is 0 Å². The maximum Gasteiger partial charge on any atom is 0.246 e. The van der Waals surface area contributed by atoms with E-state index >= 15 is 0 Å². The summed E-state index contributed by atoms with van der Waals surface area (Å²) in [4.78, 5) is 11.3. The first-order valence-electron chi connectivity index (χ1n) is 5.15. The van der Waals surface area contributed by atoms with Gasteiger partial charge in [0.1, 0.15) is 24.4 Å². The van der Waals surface area contributed by atoms with Gasteiger partial charge in [-0.3, -0.25) is 4.79 Å². The lowest BCUT2D eigenvalue weighted by molar-refractivity contribution is -0.253. The Bertz CT molecular complexity index is 307. The number of carbonyl (C=O) groups is 1. The van der Waals surface area contributed by atoms with Crippen molar-refractivity contribution in [3.63, 3.8) is 0 Å². The maximum atomic E-state index is 11.3. The molecule has 0 aromatic carbocycles. The van der Waals surface area contributed by atoms with Gasteiger partial charge in [0.05, 0.1) is 6.61 Å². The molecule has 98 valence electrons. The molecule has 1 saturated heterocycles. The van der Waals surface area contributed by atoms with Gasteiger partial charge in [-0.2, -0.15) is 0 Å². The van der Waals surface area contributed by atoms with Gasteiger partial charge in [-0.15, -0.1) is 0 Å². The normalized spacial score (nSPS) is 37.6. The molecule has 1 rings (SSSR count). The van der Waals surface area contributed by atoms with E-state index in [4.69, 9.17) is 9.84 Å². The monoisotopic (exact) mass is 247 g/mol. The molecule has 1 fully saturated rings. The summed E-state index contributed by atoms with van der Waals surface area (Å²) in [6.07, 6.45) is -5.41. The van der Waals surface area contributed by atoms with Crippen LogP contribution in [0, 0.1) is 0 Å². The van der Waals surface area contributed by atoms with Crippen LogP contribution in [-0.2, 0) is 9.53 Å². The van der Waals surface area contributed by atoms with Crippen LogP contribution in [0.15, 0.2) is 12.2 Å². The van der Waals surface area contributed by atoms with Crippen molar-refractivity contribution in [2.75, 3.05) is 6.61 Å². The molecule has 1 heterocycles. The SMILES string of the molecule is C=C(C)C(=O)NC1C(O)OC(CO)C(O)C1O. The van der Waals surface area contributed by atoms with Crippen molar-refractivity contribution in [3.8, 4) is 0 Å². The summed E-state index contributed by atoms with van der Waals surface area (Å²) in [5, 5.41) is 39.9. The zero-order valence-corrected chi connectivity index (χ0v) is 9.41. The fourth-order valence-electron chi connectivity index (χ4n) is 1.53. The van der Waals surface area contributed by atoms with Crippen molar-refractivity contribution in [1.29, 1.82) is 0 Å². The van der Waals surface area contributed by atoms with Gasteiger partial charge in [0, 0.05) is 5.57 Å². The van der Waals surface area contributed by atoms with E-state index in [0.29, 0.717) is 0 Å². The standard InChI is InChI=1S/C10H17NO6/c1-4(2)9(15)11-6-8(14)7(13)5(3-12)17-10(6)16/h5-8,10,12-14,16H,1,3H2,2H3,(H,11,15). The maximum absolute atomic E-state index is 11.3. The molecule has 0 radical (unpaired) electrons. The van der Waals surface area contributed by atoms with E-state index in [0.717, 1.165) is 0 Å². The van der Waals surface area contributed by atoms with Crippen LogP contribution in [0.4, 0.5) is 0 Å². The van der Waals surface area contributed by atoms with Crippen LogP contribution >= 0.6 is 0 Å². The Hall–Kier alpha value is -0.990. The van der Waals surface area contributed by atoms with Crippen LogP contribution < -0.4 is 5.32 Å². The summed E-state index contributed by atoms with van der Waals surface area (Å²) in [5.41, 5.74) is 0.197. The molecule has 0 spiro atoms. The van der Waals surface area contributed by atoms with Crippen LogP contribution in [0.25, 0.3) is 0 Å². The largest absolute Gasteiger partial charge is 0.394 e. The highest BCUT2D eigenvalue weighted by Gasteiger charge is 2.44. The third-order valence-electron chi connectivity index (χ3n) is 2.59. The lowest BCUT2D eigenvalue weighted by Gasteiger charge is -2.40. The minimum Gasteiger partial charge on any atom is -0.394 e. The number of hydrogen-bond donors (Lipinski definition) is 5. The van der Waals surface area contributed by atoms with Crippen molar-refractivity contribution >= 4 is 5.91 Å². The highest BCUT2D eigenvalue weighted by molar-refractivity contribution is 5.92. The molecule has 1 amide bonds. The molecule has 5 unspecified atom stereocenters. The average Bonchev–Trinajstić information content (AvgIpc) is 2.28. The molecule has 5 atom stereocenters. The smallest absolute Gasteiger partial charge is 0.246 e. The molecule has 1 aliphatic rings. The van der Waals surface area contributed by atoms with Gasteiger partial charge in [0.2, 0.25) is 5.91 Å². The third kappa shape index (κ3) is 3.02. The van der Waals surface area contributed by atoms with Gasteiger partial charge in [-0.25, -0.2) is 0 Å². The summed E-state index contributed by atoms with van der Waals surface area (Å²) < 4.78 is 4.86. The summed E-state index contributed by atoms with van der Waals surface area (Å²) >= 11 is 0. The summed E-state index contributed by atoms with van der Waals surface area (Å²) in [5.74, 6) is -0.564. The topological polar surface area (TPSA) is 119 Å². The first kappa shape index (κ1) is 14.1. The van der Waals surface area contributed by atoms with E-state index in [1.807, 2.05) is 0 Å². The minimum absolute atomic E-state index is 0.197. The molecular weight excluding hydrogens is 230 g/mol. The van der Waals surface area contributed by atoms with E-state index in [9.17, 15) is 20.1 Å². The van der Waals surface area contributed by atoms with E-state index in [-0.39, 0.29) is 5.57 Å². The number of carbonyl (C=O) groups excluding carboxylic acids is 1. The van der Waals surface area contributed by atoms with E-state index in [2.05, 4.69) is 11.9 Å². The zero-order chi connectivity index (χ0) is 13.2. The molecular formula is C10H17NO6. The van der Waals surface area contributed by atoms with Crippen LogP contribution in [-0.4, -0.2) is 63.6 Å². The first-order chi connectivity index (χ1) is 7.88. The second-order valence-corrected chi connectivity index (χ2v) is 4.01. The highest BCUT2D eigenvalue weighted by atomic mass is 16.6. The molecule has 7 nitrogen and oxygen atoms in total. The lowest BCUT2D eigenvalue weighted by Crippen LogP contribution is -2.64. The van der Waals surface area contributed by atoms with Gasteiger partial charge in [0.25, 0.3) is 0 Å². The number of hydrogen-bond acceptors (Lipinski definition) is 6. The predicted molar refractivity (Wildman–Crippen MR) is 56.7 cm³/mol. The van der Waals surface area contributed by atoms with Crippen molar-refractivity contribution in [2.45, 2.75) is 37.6 Å². The molecule has 0 aliphatic carbocycles. The van der Waals surface area contributed by atoms with Gasteiger partial charge in [0.15, 0.2) is 6.29 Å². The third-order valence-corrected chi connectivity index (χ3v) is 2.59. The fraction of sp³-hybridized carbons (Fsp3) is 0.700. The van der Waals surface area contributed by atoms with Crippen LogP contribution in [0.5, 0.6) is 0 Å². The Balaban J connectivity index is 2.73. The van der Waals surface area contributed by atoms with Gasteiger partial charge in [-0.1, -0.05) is 6.58 Å². The molecule has 7 heteroatoms. The number of ether oxygens (including phenoxy) is 1. The van der Waals surface area contributed by atoms with Gasteiger partial charge < -0.3 is 30.5 Å². The Morgan fingerprint density at radius 2 is 1.94 bits per heavy atom. The quantitative estimate of drug-likeness (QED) is 0.351. The molecule has 0 bridgehead atoms. The summed E-state index contributed by atoms with van der Waals surface area (Å²) in [6.45, 7) is 4.32. The Morgan fingerprint density at radius 3 is 2.41 bits per heavy atom.